The van der Waals surface area contributed by atoms with Crippen LogP contribution in [0.15, 0.2) is 18.6 Å². The Labute approximate surface area is 176 Å². The lowest BCUT2D eigenvalue weighted by Gasteiger charge is -2.32. The topological polar surface area (TPSA) is 106 Å². The molecule has 0 radical (unpaired) electrons. The Hall–Kier alpha value is -2.85. The van der Waals surface area contributed by atoms with E-state index in [0.29, 0.717) is 36.8 Å². The molecule has 2 N–H and O–H groups in total. The zero-order chi connectivity index (χ0) is 21.1. The van der Waals surface area contributed by atoms with Crippen LogP contribution in [-0.4, -0.2) is 68.1 Å². The van der Waals surface area contributed by atoms with Gasteiger partial charge in [0.05, 0.1) is 24.9 Å². The molecule has 1 aliphatic heterocycles. The number of nitrogens with zero attached hydrogens (tertiary/aromatic N) is 7. The maximum atomic E-state index is 5.73. The van der Waals surface area contributed by atoms with E-state index in [1.54, 1.807) is 6.20 Å². The largest absolute Gasteiger partial charge is 0.377 e. The lowest BCUT2D eigenvalue weighted by atomic mass is 10.2. The Balaban J connectivity index is 1.75. The Kier molecular flexibility index (Phi) is 6.05. The number of aryl methyl sites for hydroxylation is 1. The maximum Gasteiger partial charge on any atom is 0.228 e. The number of piperazine rings is 1. The second-order valence-corrected chi connectivity index (χ2v) is 7.82. The van der Waals surface area contributed by atoms with Crippen LogP contribution in [0.25, 0.3) is 11.0 Å². The Bertz CT molecular complexity index is 989. The van der Waals surface area contributed by atoms with E-state index in [1.807, 2.05) is 31.5 Å². The number of aromatic nitrogens is 6. The molecule has 1 saturated heterocycles. The van der Waals surface area contributed by atoms with Gasteiger partial charge in [-0.1, -0.05) is 0 Å². The number of hydrogen-bond donors (Lipinski definition) is 2. The van der Waals surface area contributed by atoms with E-state index in [1.165, 1.54) is 6.33 Å². The quantitative estimate of drug-likeness (QED) is 0.603. The van der Waals surface area contributed by atoms with E-state index < -0.39 is 0 Å². The van der Waals surface area contributed by atoms with Crippen molar-refractivity contribution in [2.75, 3.05) is 36.5 Å². The van der Waals surface area contributed by atoms with Crippen LogP contribution in [0, 0.1) is 6.92 Å². The summed E-state index contributed by atoms with van der Waals surface area (Å²) < 4.78 is 7.65. The summed E-state index contributed by atoms with van der Waals surface area (Å²) in [5.74, 6) is 2.06. The summed E-state index contributed by atoms with van der Waals surface area (Å²) in [5, 5.41) is 11.5. The SMILES string of the molecule is Cc1nn(CCOC(C)C)c2c(Nc3ccncn3)nc(N3CCN[C@H](C)C3)nc12. The molecule has 3 aromatic heterocycles. The molecular formula is C20H29N9O. The van der Waals surface area contributed by atoms with Crippen LogP contribution in [0.5, 0.6) is 0 Å². The first-order chi connectivity index (χ1) is 14.5. The lowest BCUT2D eigenvalue weighted by molar-refractivity contribution is 0.0716. The first-order valence-electron chi connectivity index (χ1n) is 10.4. The van der Waals surface area contributed by atoms with Crippen LogP contribution in [0.1, 0.15) is 26.5 Å². The molecule has 160 valence electrons. The van der Waals surface area contributed by atoms with Crippen molar-refractivity contribution < 1.29 is 4.74 Å². The van der Waals surface area contributed by atoms with Gasteiger partial charge in [-0.25, -0.2) is 15.0 Å². The van der Waals surface area contributed by atoms with Gasteiger partial charge in [0.2, 0.25) is 5.95 Å². The fourth-order valence-electron chi connectivity index (χ4n) is 3.58. The van der Waals surface area contributed by atoms with Crippen molar-refractivity contribution in [1.29, 1.82) is 0 Å². The molecular weight excluding hydrogens is 382 g/mol. The first-order valence-corrected chi connectivity index (χ1v) is 10.4. The highest BCUT2D eigenvalue weighted by Crippen LogP contribution is 2.28. The van der Waals surface area contributed by atoms with Gasteiger partial charge < -0.3 is 20.3 Å². The van der Waals surface area contributed by atoms with Gasteiger partial charge >= 0.3 is 0 Å². The molecule has 1 fully saturated rings. The predicted octanol–water partition coefficient (Wildman–Crippen LogP) is 1.89. The van der Waals surface area contributed by atoms with E-state index >= 15 is 0 Å². The number of anilines is 3. The van der Waals surface area contributed by atoms with Gasteiger partial charge in [0.1, 0.15) is 23.2 Å². The summed E-state index contributed by atoms with van der Waals surface area (Å²) in [7, 11) is 0. The zero-order valence-electron chi connectivity index (χ0n) is 18.0. The third kappa shape index (κ3) is 4.49. The van der Waals surface area contributed by atoms with E-state index in [4.69, 9.17) is 19.8 Å². The minimum absolute atomic E-state index is 0.170. The Morgan fingerprint density at radius 3 is 2.93 bits per heavy atom. The van der Waals surface area contributed by atoms with Crippen molar-refractivity contribution in [3.8, 4) is 0 Å². The summed E-state index contributed by atoms with van der Waals surface area (Å²) in [6, 6.07) is 2.20. The molecule has 0 aliphatic carbocycles. The van der Waals surface area contributed by atoms with Crippen LogP contribution in [0.4, 0.5) is 17.6 Å². The van der Waals surface area contributed by atoms with Crippen molar-refractivity contribution in [3.63, 3.8) is 0 Å². The van der Waals surface area contributed by atoms with Crippen LogP contribution in [0.2, 0.25) is 0 Å². The number of hydrogen-bond acceptors (Lipinski definition) is 9. The molecule has 0 spiro atoms. The molecule has 0 saturated carbocycles. The molecule has 10 heteroatoms. The van der Waals surface area contributed by atoms with E-state index in [0.717, 1.165) is 36.4 Å². The highest BCUT2D eigenvalue weighted by atomic mass is 16.5. The molecule has 4 rings (SSSR count). The summed E-state index contributed by atoms with van der Waals surface area (Å²) in [6.07, 6.45) is 3.38. The van der Waals surface area contributed by atoms with E-state index in [-0.39, 0.29) is 6.10 Å². The second-order valence-electron chi connectivity index (χ2n) is 7.82. The highest BCUT2D eigenvalue weighted by molar-refractivity contribution is 5.90. The van der Waals surface area contributed by atoms with Crippen LogP contribution >= 0.6 is 0 Å². The average molecular weight is 412 g/mol. The first kappa shape index (κ1) is 20.4. The third-order valence-corrected chi connectivity index (χ3v) is 4.98. The third-order valence-electron chi connectivity index (χ3n) is 4.98. The lowest BCUT2D eigenvalue weighted by Crippen LogP contribution is -2.49. The van der Waals surface area contributed by atoms with Crippen LogP contribution in [0.3, 0.4) is 0 Å². The molecule has 1 aliphatic rings. The molecule has 0 amide bonds. The van der Waals surface area contributed by atoms with E-state index in [9.17, 15) is 0 Å². The average Bonchev–Trinajstić information content (AvgIpc) is 3.04. The van der Waals surface area contributed by atoms with Crippen molar-refractivity contribution in [2.45, 2.75) is 46.4 Å². The molecule has 10 nitrogen and oxygen atoms in total. The number of fused-ring (bicyclic) bond motifs is 1. The van der Waals surface area contributed by atoms with Gasteiger partial charge in [-0.05, 0) is 33.8 Å². The van der Waals surface area contributed by atoms with Crippen LogP contribution < -0.4 is 15.5 Å². The molecule has 3 aromatic rings. The fraction of sp³-hybridized carbons (Fsp3) is 0.550. The predicted molar refractivity (Wildman–Crippen MR) is 116 cm³/mol. The molecule has 0 aromatic carbocycles. The Morgan fingerprint density at radius 2 is 2.20 bits per heavy atom. The summed E-state index contributed by atoms with van der Waals surface area (Å²) in [5.41, 5.74) is 2.56. The Morgan fingerprint density at radius 1 is 1.33 bits per heavy atom. The smallest absolute Gasteiger partial charge is 0.228 e. The molecule has 0 unspecified atom stereocenters. The van der Waals surface area contributed by atoms with Gasteiger partial charge in [-0.15, -0.1) is 0 Å². The number of rotatable bonds is 7. The van der Waals surface area contributed by atoms with Gasteiger partial charge in [0.25, 0.3) is 0 Å². The fourth-order valence-corrected chi connectivity index (χ4v) is 3.58. The van der Waals surface area contributed by atoms with Gasteiger partial charge in [-0.3, -0.25) is 4.68 Å². The number of nitrogens with one attached hydrogen (secondary N) is 2. The van der Waals surface area contributed by atoms with Crippen LogP contribution in [-0.2, 0) is 11.3 Å². The molecule has 4 heterocycles. The normalized spacial score (nSPS) is 17.1. The maximum absolute atomic E-state index is 5.73. The summed E-state index contributed by atoms with van der Waals surface area (Å²) in [4.78, 5) is 20.3. The van der Waals surface area contributed by atoms with E-state index in [2.05, 4.69) is 32.4 Å². The summed E-state index contributed by atoms with van der Waals surface area (Å²) >= 11 is 0. The van der Waals surface area contributed by atoms with Crippen molar-refractivity contribution in [3.05, 3.63) is 24.3 Å². The second kappa shape index (κ2) is 8.88. The minimum Gasteiger partial charge on any atom is -0.377 e. The van der Waals surface area contributed by atoms with Gasteiger partial charge in [0.15, 0.2) is 5.82 Å². The van der Waals surface area contributed by atoms with Crippen molar-refractivity contribution in [2.24, 2.45) is 0 Å². The molecule has 30 heavy (non-hydrogen) atoms. The number of ether oxygens (including phenoxy) is 1. The van der Waals surface area contributed by atoms with Gasteiger partial charge in [0, 0.05) is 31.9 Å². The van der Waals surface area contributed by atoms with Crippen molar-refractivity contribution in [1.82, 2.24) is 35.0 Å². The zero-order valence-corrected chi connectivity index (χ0v) is 18.0. The standard InChI is InChI=1S/C20H29N9O/c1-13(2)30-10-9-29-18-17(15(4)27-29)25-20(28-8-7-22-14(3)11-28)26-19(18)24-16-5-6-21-12-23-16/h5-6,12-14,22H,7-11H2,1-4H3,(H,21,23,24,25,26)/t14-/m1/s1. The highest BCUT2D eigenvalue weighted by Gasteiger charge is 2.23. The monoisotopic (exact) mass is 411 g/mol. The van der Waals surface area contributed by atoms with Crippen molar-refractivity contribution >= 4 is 28.6 Å². The molecule has 0 bridgehead atoms. The minimum atomic E-state index is 0.170. The van der Waals surface area contributed by atoms with Gasteiger partial charge in [-0.2, -0.15) is 10.1 Å². The molecule has 1 atom stereocenters. The summed E-state index contributed by atoms with van der Waals surface area (Å²) in [6.45, 7) is 12.0.